The maximum absolute atomic E-state index is 12.2. The molecule has 0 aliphatic rings. The van der Waals surface area contributed by atoms with E-state index in [1.54, 1.807) is 30.3 Å². The van der Waals surface area contributed by atoms with Crippen LogP contribution >= 0.6 is 11.6 Å². The Morgan fingerprint density at radius 1 is 1.03 bits per heavy atom. The molecule has 7 heteroatoms. The zero-order valence-electron chi connectivity index (χ0n) is 16.7. The summed E-state index contributed by atoms with van der Waals surface area (Å²) in [5.74, 6) is -0.834. The minimum absolute atomic E-state index is 0.0309. The van der Waals surface area contributed by atoms with Crippen LogP contribution in [0.5, 0.6) is 11.5 Å². The Bertz CT molecular complexity index is 1110. The van der Waals surface area contributed by atoms with E-state index in [0.717, 1.165) is 11.1 Å². The number of hydrogen-bond acceptors (Lipinski definition) is 5. The monoisotopic (exact) mass is 437 g/mol. The number of amides is 1. The summed E-state index contributed by atoms with van der Waals surface area (Å²) >= 11 is 6.12. The van der Waals surface area contributed by atoms with Gasteiger partial charge < -0.3 is 19.9 Å². The van der Waals surface area contributed by atoms with Gasteiger partial charge in [-0.15, -0.1) is 0 Å². The molecule has 0 spiro atoms. The van der Waals surface area contributed by atoms with Gasteiger partial charge in [-0.2, -0.15) is 0 Å². The number of carbonyl (C=O) groups excluding carboxylic acids is 2. The maximum atomic E-state index is 12.2. The van der Waals surface area contributed by atoms with Gasteiger partial charge in [0.15, 0.2) is 5.75 Å². The molecule has 0 heterocycles. The van der Waals surface area contributed by atoms with Crippen LogP contribution in [0.25, 0.3) is 6.08 Å². The van der Waals surface area contributed by atoms with Crippen LogP contribution in [-0.4, -0.2) is 24.1 Å². The summed E-state index contributed by atoms with van der Waals surface area (Å²) in [5.41, 5.74) is 1.76. The van der Waals surface area contributed by atoms with Gasteiger partial charge in [-0.3, -0.25) is 4.79 Å². The predicted molar refractivity (Wildman–Crippen MR) is 119 cm³/mol. The number of nitrogens with one attached hydrogen (secondary N) is 1. The average Bonchev–Trinajstić information content (AvgIpc) is 2.79. The Morgan fingerprint density at radius 3 is 2.48 bits per heavy atom. The molecule has 0 radical (unpaired) electrons. The first-order valence-electron chi connectivity index (χ1n) is 9.33. The predicted octanol–water partition coefficient (Wildman–Crippen LogP) is 5.06. The van der Waals surface area contributed by atoms with Crippen molar-refractivity contribution < 1.29 is 24.2 Å². The number of hydrogen-bond donors (Lipinski definition) is 2. The number of rotatable bonds is 7. The lowest BCUT2D eigenvalue weighted by Crippen LogP contribution is -2.09. The van der Waals surface area contributed by atoms with Crippen molar-refractivity contribution in [2.45, 2.75) is 6.61 Å². The van der Waals surface area contributed by atoms with Crippen molar-refractivity contribution in [2.75, 3.05) is 12.4 Å². The quantitative estimate of drug-likeness (QED) is 0.306. The summed E-state index contributed by atoms with van der Waals surface area (Å²) in [6.07, 6.45) is 2.94. The van der Waals surface area contributed by atoms with Gasteiger partial charge in [0, 0.05) is 16.7 Å². The Kier molecular flexibility index (Phi) is 7.30. The summed E-state index contributed by atoms with van der Waals surface area (Å²) in [5, 5.41) is 13.3. The highest BCUT2D eigenvalue weighted by Gasteiger charge is 2.15. The summed E-state index contributed by atoms with van der Waals surface area (Å²) < 4.78 is 10.3. The van der Waals surface area contributed by atoms with E-state index < -0.39 is 11.9 Å². The molecular formula is C24H20ClNO5. The molecule has 3 aromatic carbocycles. The number of phenols is 1. The molecule has 6 nitrogen and oxygen atoms in total. The van der Waals surface area contributed by atoms with E-state index in [4.69, 9.17) is 16.3 Å². The van der Waals surface area contributed by atoms with Crippen LogP contribution in [0.3, 0.4) is 0 Å². The highest BCUT2D eigenvalue weighted by Crippen LogP contribution is 2.28. The first kappa shape index (κ1) is 21.9. The highest BCUT2D eigenvalue weighted by molar-refractivity contribution is 6.31. The van der Waals surface area contributed by atoms with Crippen LogP contribution in [0, 0.1) is 0 Å². The first-order chi connectivity index (χ1) is 15.0. The van der Waals surface area contributed by atoms with Gasteiger partial charge in [-0.05, 0) is 42.0 Å². The normalized spacial score (nSPS) is 10.6. The number of para-hydroxylation sites is 1. The average molecular weight is 438 g/mol. The molecule has 0 bridgehead atoms. The number of methoxy groups -OCH3 is 1. The van der Waals surface area contributed by atoms with Crippen molar-refractivity contribution >= 4 is 35.2 Å². The summed E-state index contributed by atoms with van der Waals surface area (Å²) in [4.78, 5) is 23.8. The molecule has 2 N–H and O–H groups in total. The van der Waals surface area contributed by atoms with Crippen molar-refractivity contribution in [1.82, 2.24) is 0 Å². The van der Waals surface area contributed by atoms with E-state index in [1.165, 1.54) is 31.4 Å². The summed E-state index contributed by atoms with van der Waals surface area (Å²) in [6, 6.07) is 19.1. The Labute approximate surface area is 184 Å². The van der Waals surface area contributed by atoms with Crippen LogP contribution in [0.2, 0.25) is 5.02 Å². The Balaban J connectivity index is 1.59. The largest absolute Gasteiger partial charge is 0.505 e. The van der Waals surface area contributed by atoms with E-state index in [2.05, 4.69) is 10.1 Å². The molecular weight excluding hydrogens is 418 g/mol. The number of halogens is 1. The Hall–Kier alpha value is -3.77. The summed E-state index contributed by atoms with van der Waals surface area (Å²) in [7, 11) is 1.21. The van der Waals surface area contributed by atoms with Crippen molar-refractivity contribution in [3.63, 3.8) is 0 Å². The molecule has 0 saturated carbocycles. The second-order valence-corrected chi connectivity index (χ2v) is 6.87. The molecule has 31 heavy (non-hydrogen) atoms. The third-order valence-electron chi connectivity index (χ3n) is 4.36. The van der Waals surface area contributed by atoms with E-state index >= 15 is 0 Å². The first-order valence-corrected chi connectivity index (χ1v) is 9.71. The second kappa shape index (κ2) is 10.3. The van der Waals surface area contributed by atoms with Crippen molar-refractivity contribution in [3.8, 4) is 11.5 Å². The fourth-order valence-corrected chi connectivity index (χ4v) is 2.91. The standard InChI is InChI=1S/C24H20ClNO5/c1-30-24(29)19-6-4-8-21(23(19)28)26-22(27)14-11-16-9-12-18(13-10-16)31-15-17-5-2-3-7-20(17)25/h2-14,28H,15H2,1H3,(H,26,27)/b14-11+. The third kappa shape index (κ3) is 5.87. The SMILES string of the molecule is COC(=O)c1cccc(NC(=O)/C=C/c2ccc(OCc3ccccc3Cl)cc2)c1O. The van der Waals surface area contributed by atoms with Crippen molar-refractivity contribution in [2.24, 2.45) is 0 Å². The lowest BCUT2D eigenvalue weighted by Gasteiger charge is -2.09. The number of esters is 1. The lowest BCUT2D eigenvalue weighted by molar-refractivity contribution is -0.111. The van der Waals surface area contributed by atoms with E-state index in [-0.39, 0.29) is 17.0 Å². The topological polar surface area (TPSA) is 84.9 Å². The van der Waals surface area contributed by atoms with Crippen LogP contribution in [0.15, 0.2) is 72.8 Å². The molecule has 0 aliphatic heterocycles. The van der Waals surface area contributed by atoms with Gasteiger partial charge in [-0.25, -0.2) is 4.79 Å². The van der Waals surface area contributed by atoms with Crippen molar-refractivity contribution in [1.29, 1.82) is 0 Å². The number of ether oxygens (including phenoxy) is 2. The smallest absolute Gasteiger partial charge is 0.341 e. The maximum Gasteiger partial charge on any atom is 0.341 e. The molecule has 0 fully saturated rings. The number of phenolic OH excluding ortho intramolecular Hbond substituents is 1. The molecule has 3 rings (SSSR count). The molecule has 1 amide bonds. The number of anilines is 1. The van der Waals surface area contributed by atoms with Crippen molar-refractivity contribution in [3.05, 3.63) is 94.5 Å². The molecule has 0 unspecified atom stereocenters. The van der Waals surface area contributed by atoms with Gasteiger partial charge in [0.2, 0.25) is 5.91 Å². The van der Waals surface area contributed by atoms with Gasteiger partial charge in [-0.1, -0.05) is 48.0 Å². The van der Waals surface area contributed by atoms with Gasteiger partial charge in [0.05, 0.1) is 12.8 Å². The summed E-state index contributed by atoms with van der Waals surface area (Å²) in [6.45, 7) is 0.353. The number of benzene rings is 3. The minimum Gasteiger partial charge on any atom is -0.505 e. The number of aromatic hydroxyl groups is 1. The van der Waals surface area contributed by atoms with E-state index in [0.29, 0.717) is 17.4 Å². The number of carbonyl (C=O) groups is 2. The molecule has 0 saturated heterocycles. The second-order valence-electron chi connectivity index (χ2n) is 6.47. The van der Waals surface area contributed by atoms with Crippen LogP contribution in [-0.2, 0) is 16.1 Å². The van der Waals surface area contributed by atoms with E-state index in [1.807, 2.05) is 24.3 Å². The van der Waals surface area contributed by atoms with Crippen LogP contribution < -0.4 is 10.1 Å². The van der Waals surface area contributed by atoms with Gasteiger partial charge in [0.25, 0.3) is 0 Å². The van der Waals surface area contributed by atoms with Crippen LogP contribution in [0.1, 0.15) is 21.5 Å². The van der Waals surface area contributed by atoms with Crippen LogP contribution in [0.4, 0.5) is 5.69 Å². The van der Waals surface area contributed by atoms with Gasteiger partial charge >= 0.3 is 5.97 Å². The van der Waals surface area contributed by atoms with Gasteiger partial charge in [0.1, 0.15) is 17.9 Å². The Morgan fingerprint density at radius 2 is 1.77 bits per heavy atom. The molecule has 158 valence electrons. The molecule has 3 aromatic rings. The minimum atomic E-state index is -0.694. The molecule has 0 atom stereocenters. The van der Waals surface area contributed by atoms with E-state index in [9.17, 15) is 14.7 Å². The molecule has 0 aromatic heterocycles. The lowest BCUT2D eigenvalue weighted by atomic mass is 10.1. The fraction of sp³-hybridized carbons (Fsp3) is 0.0833. The zero-order valence-corrected chi connectivity index (χ0v) is 17.4. The fourth-order valence-electron chi connectivity index (χ4n) is 2.72. The molecule has 0 aliphatic carbocycles. The zero-order chi connectivity index (χ0) is 22.2. The third-order valence-corrected chi connectivity index (χ3v) is 4.73. The highest BCUT2D eigenvalue weighted by atomic mass is 35.5.